The van der Waals surface area contributed by atoms with Crippen LogP contribution in [0.2, 0.25) is 0 Å². The topological polar surface area (TPSA) is 50.2 Å². The van der Waals surface area contributed by atoms with Crippen LogP contribution in [-0.2, 0) is 11.2 Å². The lowest BCUT2D eigenvalue weighted by Crippen LogP contribution is -2.03. The number of aryl methyl sites for hydroxylation is 1. The van der Waals surface area contributed by atoms with E-state index in [-0.39, 0.29) is 12.1 Å². The maximum Gasteiger partial charge on any atom is 0.307 e. The van der Waals surface area contributed by atoms with Crippen molar-refractivity contribution in [1.82, 2.24) is 4.98 Å². The molecule has 76 valence electrons. The van der Waals surface area contributed by atoms with Crippen molar-refractivity contribution >= 4 is 5.97 Å². The van der Waals surface area contributed by atoms with E-state index in [2.05, 4.69) is 4.98 Å². The Kier molecular flexibility index (Phi) is 3.11. The Morgan fingerprint density at radius 1 is 1.64 bits per heavy atom. The highest BCUT2D eigenvalue weighted by molar-refractivity contribution is 5.70. The molecule has 0 spiro atoms. The van der Waals surface area contributed by atoms with Crippen LogP contribution in [0.4, 0.5) is 8.78 Å². The Hall–Kier alpha value is -1.52. The smallest absolute Gasteiger partial charge is 0.307 e. The average Bonchev–Trinajstić information content (AvgIpc) is 2.01. The summed E-state index contributed by atoms with van der Waals surface area (Å²) in [6, 6.07) is 1.42. The zero-order chi connectivity index (χ0) is 10.7. The third-order valence-corrected chi connectivity index (χ3v) is 1.74. The molecule has 0 aliphatic heterocycles. The molecule has 0 aliphatic carbocycles. The lowest BCUT2D eigenvalue weighted by atomic mass is 10.1. The summed E-state index contributed by atoms with van der Waals surface area (Å²) >= 11 is 0. The third kappa shape index (κ3) is 2.48. The van der Waals surface area contributed by atoms with Crippen LogP contribution < -0.4 is 0 Å². The molecular formula is C9H9F2NO2. The van der Waals surface area contributed by atoms with Crippen LogP contribution in [0.5, 0.6) is 0 Å². The molecule has 0 saturated heterocycles. The summed E-state index contributed by atoms with van der Waals surface area (Å²) in [6.07, 6.45) is -1.64. The van der Waals surface area contributed by atoms with E-state index in [1.54, 1.807) is 0 Å². The highest BCUT2D eigenvalue weighted by Crippen LogP contribution is 2.20. The van der Waals surface area contributed by atoms with Crippen molar-refractivity contribution < 1.29 is 18.7 Å². The molecule has 0 aliphatic rings. The van der Waals surface area contributed by atoms with Crippen LogP contribution in [0.1, 0.15) is 23.2 Å². The molecule has 1 aromatic rings. The average molecular weight is 201 g/mol. The molecule has 14 heavy (non-hydrogen) atoms. The highest BCUT2D eigenvalue weighted by Gasteiger charge is 2.12. The number of pyridine rings is 1. The standard InChI is InChI=1S/C9H9F2NO2/c1-5-2-6(3-7(13)14)4-12-8(5)9(10)11/h2,4,9H,3H2,1H3,(H,13,14). The van der Waals surface area contributed by atoms with Crippen LogP contribution in [0.25, 0.3) is 0 Å². The maximum atomic E-state index is 12.2. The molecule has 1 aromatic heterocycles. The lowest BCUT2D eigenvalue weighted by Gasteiger charge is -2.04. The minimum absolute atomic E-state index is 0.197. The zero-order valence-electron chi connectivity index (χ0n) is 7.50. The summed E-state index contributed by atoms with van der Waals surface area (Å²) in [6.45, 7) is 1.49. The second-order valence-corrected chi connectivity index (χ2v) is 2.92. The molecule has 0 amide bonds. The first-order valence-corrected chi connectivity index (χ1v) is 3.96. The molecule has 3 nitrogen and oxygen atoms in total. The van der Waals surface area contributed by atoms with E-state index < -0.39 is 12.4 Å². The van der Waals surface area contributed by atoms with Crippen molar-refractivity contribution in [2.24, 2.45) is 0 Å². The van der Waals surface area contributed by atoms with Gasteiger partial charge in [0.2, 0.25) is 0 Å². The van der Waals surface area contributed by atoms with Gasteiger partial charge in [-0.25, -0.2) is 8.78 Å². The Morgan fingerprint density at radius 3 is 2.71 bits per heavy atom. The molecular weight excluding hydrogens is 192 g/mol. The molecule has 1 heterocycles. The van der Waals surface area contributed by atoms with Gasteiger partial charge in [-0.2, -0.15) is 0 Å². The minimum Gasteiger partial charge on any atom is -0.481 e. The number of halogens is 2. The number of aliphatic carboxylic acids is 1. The third-order valence-electron chi connectivity index (χ3n) is 1.74. The fraction of sp³-hybridized carbons (Fsp3) is 0.333. The summed E-state index contributed by atoms with van der Waals surface area (Å²) in [5.74, 6) is -1.00. The molecule has 0 fully saturated rings. The van der Waals surface area contributed by atoms with Gasteiger partial charge < -0.3 is 5.11 Å². The molecule has 0 aromatic carbocycles. The minimum atomic E-state index is -2.62. The Labute approximate surface area is 79.4 Å². The van der Waals surface area contributed by atoms with Crippen molar-refractivity contribution in [2.75, 3.05) is 0 Å². The Morgan fingerprint density at radius 2 is 2.29 bits per heavy atom. The molecule has 1 N–H and O–H groups in total. The van der Waals surface area contributed by atoms with Crippen molar-refractivity contribution in [3.8, 4) is 0 Å². The number of hydrogen-bond acceptors (Lipinski definition) is 2. The number of hydrogen-bond donors (Lipinski definition) is 1. The molecule has 0 saturated carbocycles. The van der Waals surface area contributed by atoms with Gasteiger partial charge in [-0.05, 0) is 18.1 Å². The van der Waals surface area contributed by atoms with Gasteiger partial charge >= 0.3 is 5.97 Å². The number of carboxylic acid groups (broad SMARTS) is 1. The van der Waals surface area contributed by atoms with Gasteiger partial charge in [0.05, 0.1) is 6.42 Å². The van der Waals surface area contributed by atoms with E-state index in [1.165, 1.54) is 19.2 Å². The van der Waals surface area contributed by atoms with Crippen molar-refractivity contribution in [3.63, 3.8) is 0 Å². The predicted molar refractivity (Wildman–Crippen MR) is 45.3 cm³/mol. The number of rotatable bonds is 3. The summed E-state index contributed by atoms with van der Waals surface area (Å²) in [4.78, 5) is 13.8. The first-order chi connectivity index (χ1) is 6.50. The van der Waals surface area contributed by atoms with Gasteiger partial charge in [-0.3, -0.25) is 9.78 Å². The lowest BCUT2D eigenvalue weighted by molar-refractivity contribution is -0.136. The number of carboxylic acids is 1. The number of alkyl halides is 2. The van der Waals surface area contributed by atoms with Crippen LogP contribution in [0, 0.1) is 6.92 Å². The quantitative estimate of drug-likeness (QED) is 0.813. The molecule has 0 atom stereocenters. The van der Waals surface area contributed by atoms with E-state index in [1.807, 2.05) is 0 Å². The van der Waals surface area contributed by atoms with E-state index in [4.69, 9.17) is 5.11 Å². The second kappa shape index (κ2) is 4.13. The molecule has 0 unspecified atom stereocenters. The fourth-order valence-electron chi connectivity index (χ4n) is 1.14. The van der Waals surface area contributed by atoms with Gasteiger partial charge in [-0.15, -0.1) is 0 Å². The first-order valence-electron chi connectivity index (χ1n) is 3.96. The molecule has 1 rings (SSSR count). The maximum absolute atomic E-state index is 12.2. The summed E-state index contributed by atoms with van der Waals surface area (Å²) in [5.41, 5.74) is 0.456. The van der Waals surface area contributed by atoms with E-state index >= 15 is 0 Å². The van der Waals surface area contributed by atoms with Gasteiger partial charge in [0.15, 0.2) is 0 Å². The van der Waals surface area contributed by atoms with Crippen LogP contribution >= 0.6 is 0 Å². The van der Waals surface area contributed by atoms with Crippen molar-refractivity contribution in [2.45, 2.75) is 19.8 Å². The van der Waals surface area contributed by atoms with E-state index in [9.17, 15) is 13.6 Å². The largest absolute Gasteiger partial charge is 0.481 e. The van der Waals surface area contributed by atoms with Crippen molar-refractivity contribution in [3.05, 3.63) is 29.1 Å². The normalized spacial score (nSPS) is 10.6. The van der Waals surface area contributed by atoms with Crippen LogP contribution in [0.15, 0.2) is 12.3 Å². The molecule has 0 bridgehead atoms. The van der Waals surface area contributed by atoms with Crippen LogP contribution in [0.3, 0.4) is 0 Å². The van der Waals surface area contributed by atoms with E-state index in [0.29, 0.717) is 11.1 Å². The summed E-state index contributed by atoms with van der Waals surface area (Å²) in [7, 11) is 0. The fourth-order valence-corrected chi connectivity index (χ4v) is 1.14. The van der Waals surface area contributed by atoms with Crippen molar-refractivity contribution in [1.29, 1.82) is 0 Å². The van der Waals surface area contributed by atoms with Crippen LogP contribution in [-0.4, -0.2) is 16.1 Å². The second-order valence-electron chi connectivity index (χ2n) is 2.92. The SMILES string of the molecule is Cc1cc(CC(=O)O)cnc1C(F)F. The van der Waals surface area contributed by atoms with Gasteiger partial charge in [0.25, 0.3) is 6.43 Å². The highest BCUT2D eigenvalue weighted by atomic mass is 19.3. The predicted octanol–water partition coefficient (Wildman–Crippen LogP) is 1.95. The summed E-state index contributed by atoms with van der Waals surface area (Å²) < 4.78 is 24.5. The molecule has 5 heteroatoms. The van der Waals surface area contributed by atoms with E-state index in [0.717, 1.165) is 0 Å². The number of nitrogens with zero attached hydrogens (tertiary/aromatic N) is 1. The van der Waals surface area contributed by atoms with Gasteiger partial charge in [0.1, 0.15) is 5.69 Å². The monoisotopic (exact) mass is 201 g/mol. The molecule has 0 radical (unpaired) electrons. The zero-order valence-corrected chi connectivity index (χ0v) is 7.50. The van der Waals surface area contributed by atoms with Gasteiger partial charge in [-0.1, -0.05) is 6.07 Å². The number of carbonyl (C=O) groups is 1. The first kappa shape index (κ1) is 10.6. The number of aromatic nitrogens is 1. The summed E-state index contributed by atoms with van der Waals surface area (Å²) in [5, 5.41) is 8.46. The van der Waals surface area contributed by atoms with Gasteiger partial charge in [0, 0.05) is 6.20 Å². The Balaban J connectivity index is 2.94. The Bertz CT molecular complexity index is 353.